The zero-order valence-electron chi connectivity index (χ0n) is 25.8. The van der Waals surface area contributed by atoms with E-state index in [9.17, 15) is 9.59 Å². The molecular weight excluding hydrogens is 556 g/mol. The van der Waals surface area contributed by atoms with Gasteiger partial charge in [0, 0.05) is 26.2 Å². The number of hydrogen-bond acceptors (Lipinski definition) is 6. The number of methoxy groups -OCH3 is 2. The van der Waals surface area contributed by atoms with E-state index in [2.05, 4.69) is 0 Å². The summed E-state index contributed by atoms with van der Waals surface area (Å²) in [5, 5.41) is 0. The predicted octanol–water partition coefficient (Wildman–Crippen LogP) is 5.84. The number of carbonyl (C=O) groups is 2. The lowest BCUT2D eigenvalue weighted by molar-refractivity contribution is -0.138. The molecule has 0 saturated heterocycles. The third kappa shape index (κ3) is 9.26. The molecule has 0 radical (unpaired) electrons. The summed E-state index contributed by atoms with van der Waals surface area (Å²) in [4.78, 5) is 30.5. The van der Waals surface area contributed by atoms with Gasteiger partial charge in [0.25, 0.3) is 11.8 Å². The van der Waals surface area contributed by atoms with Gasteiger partial charge >= 0.3 is 0 Å². The Bertz CT molecular complexity index is 1400. The fraction of sp³-hybridized carbons (Fsp3) is 0.278. The number of nitrogens with zero attached hydrogens (tertiary/aromatic N) is 2. The zero-order chi connectivity index (χ0) is 31.3. The molecule has 0 heterocycles. The number of amides is 2. The summed E-state index contributed by atoms with van der Waals surface area (Å²) in [7, 11) is 3.14. The maximum atomic E-state index is 13.6. The van der Waals surface area contributed by atoms with Crippen molar-refractivity contribution >= 4 is 11.8 Å². The summed E-state index contributed by atoms with van der Waals surface area (Å²) in [5.74, 6) is 1.72. The largest absolute Gasteiger partial charge is 0.493 e. The molecule has 0 aliphatic heterocycles. The minimum absolute atomic E-state index is 0.171. The van der Waals surface area contributed by atoms with Crippen LogP contribution >= 0.6 is 0 Å². The lowest BCUT2D eigenvalue weighted by Gasteiger charge is -2.28. The molecule has 0 aliphatic rings. The van der Waals surface area contributed by atoms with Crippen molar-refractivity contribution in [3.05, 3.63) is 119 Å². The van der Waals surface area contributed by atoms with Crippen LogP contribution in [0.25, 0.3) is 0 Å². The number of rotatable bonds is 15. The van der Waals surface area contributed by atoms with E-state index in [1.165, 1.54) is 0 Å². The highest BCUT2D eigenvalue weighted by Gasteiger charge is 2.21. The van der Waals surface area contributed by atoms with Crippen molar-refractivity contribution in [2.45, 2.75) is 26.9 Å². The molecule has 0 saturated carbocycles. The molecule has 8 heteroatoms. The van der Waals surface area contributed by atoms with Crippen LogP contribution in [0.1, 0.15) is 22.3 Å². The Morgan fingerprint density at radius 2 is 0.932 bits per heavy atom. The van der Waals surface area contributed by atoms with Gasteiger partial charge in [-0.2, -0.15) is 0 Å². The van der Waals surface area contributed by atoms with E-state index in [0.29, 0.717) is 49.2 Å². The number of carbonyl (C=O) groups excluding carboxylic acids is 2. The molecule has 4 aromatic carbocycles. The molecule has 0 aliphatic carbocycles. The van der Waals surface area contributed by atoms with Crippen molar-refractivity contribution < 1.29 is 28.5 Å². The van der Waals surface area contributed by atoms with E-state index in [1.54, 1.807) is 36.2 Å². The van der Waals surface area contributed by atoms with Gasteiger partial charge in [-0.15, -0.1) is 0 Å². The lowest BCUT2D eigenvalue weighted by atomic mass is 10.2. The number of hydrogen-bond donors (Lipinski definition) is 0. The molecule has 4 aromatic rings. The highest BCUT2D eigenvalue weighted by atomic mass is 16.5. The van der Waals surface area contributed by atoms with Gasteiger partial charge in [0.2, 0.25) is 0 Å². The zero-order valence-corrected chi connectivity index (χ0v) is 25.8. The monoisotopic (exact) mass is 596 g/mol. The quantitative estimate of drug-likeness (QED) is 0.172. The van der Waals surface area contributed by atoms with E-state index in [1.807, 2.05) is 98.8 Å². The summed E-state index contributed by atoms with van der Waals surface area (Å²) in [6.07, 6.45) is 0. The van der Waals surface area contributed by atoms with Crippen LogP contribution in [0.2, 0.25) is 0 Å². The Labute approximate surface area is 259 Å². The SMILES string of the molecule is COc1cc(C)ccc1OCC(=O)N(CCN(Cc1ccccc1)C(=O)COc1ccc(C)cc1OC)Cc1ccccc1. The van der Waals surface area contributed by atoms with Crippen LogP contribution in [-0.4, -0.2) is 62.1 Å². The highest BCUT2D eigenvalue weighted by Crippen LogP contribution is 2.29. The molecule has 0 spiro atoms. The summed E-state index contributed by atoms with van der Waals surface area (Å²) in [6.45, 7) is 4.93. The molecule has 0 N–H and O–H groups in total. The second-order valence-corrected chi connectivity index (χ2v) is 10.5. The predicted molar refractivity (Wildman–Crippen MR) is 170 cm³/mol. The van der Waals surface area contributed by atoms with E-state index in [-0.39, 0.29) is 25.0 Å². The fourth-order valence-electron chi connectivity index (χ4n) is 4.68. The van der Waals surface area contributed by atoms with E-state index < -0.39 is 0 Å². The van der Waals surface area contributed by atoms with Crippen molar-refractivity contribution in [3.63, 3.8) is 0 Å². The van der Waals surface area contributed by atoms with Gasteiger partial charge in [-0.05, 0) is 60.4 Å². The Balaban J connectivity index is 1.49. The maximum Gasteiger partial charge on any atom is 0.260 e. The number of ether oxygens (including phenoxy) is 4. The Morgan fingerprint density at radius 1 is 0.545 bits per heavy atom. The molecule has 0 bridgehead atoms. The van der Waals surface area contributed by atoms with Crippen molar-refractivity contribution in [2.24, 2.45) is 0 Å². The third-order valence-electron chi connectivity index (χ3n) is 7.12. The fourth-order valence-corrected chi connectivity index (χ4v) is 4.68. The van der Waals surface area contributed by atoms with E-state index in [0.717, 1.165) is 22.3 Å². The van der Waals surface area contributed by atoms with Crippen LogP contribution in [0.15, 0.2) is 97.1 Å². The Hall–Kier alpha value is -4.98. The minimum Gasteiger partial charge on any atom is -0.493 e. The molecule has 0 aromatic heterocycles. The Morgan fingerprint density at radius 3 is 1.30 bits per heavy atom. The summed E-state index contributed by atoms with van der Waals surface area (Å²) in [6, 6.07) is 30.7. The lowest BCUT2D eigenvalue weighted by Crippen LogP contribution is -2.43. The normalized spacial score (nSPS) is 10.5. The van der Waals surface area contributed by atoms with Gasteiger partial charge in [-0.25, -0.2) is 0 Å². The van der Waals surface area contributed by atoms with Crippen LogP contribution in [0, 0.1) is 13.8 Å². The summed E-state index contributed by atoms with van der Waals surface area (Å²) in [5.41, 5.74) is 4.01. The first kappa shape index (κ1) is 31.9. The van der Waals surface area contributed by atoms with E-state index in [4.69, 9.17) is 18.9 Å². The van der Waals surface area contributed by atoms with Gasteiger partial charge < -0.3 is 28.7 Å². The summed E-state index contributed by atoms with van der Waals surface area (Å²) >= 11 is 0. The smallest absolute Gasteiger partial charge is 0.260 e. The second-order valence-electron chi connectivity index (χ2n) is 10.5. The minimum atomic E-state index is -0.204. The first-order valence-electron chi connectivity index (χ1n) is 14.5. The van der Waals surface area contributed by atoms with Gasteiger partial charge in [0.15, 0.2) is 36.2 Å². The first-order valence-corrected chi connectivity index (χ1v) is 14.5. The Kier molecular flexibility index (Phi) is 11.6. The third-order valence-corrected chi connectivity index (χ3v) is 7.12. The molecule has 0 fully saturated rings. The summed E-state index contributed by atoms with van der Waals surface area (Å²) < 4.78 is 22.7. The number of aryl methyl sites for hydroxylation is 2. The van der Waals surface area contributed by atoms with Crippen molar-refractivity contribution in [1.82, 2.24) is 9.80 Å². The van der Waals surface area contributed by atoms with Crippen molar-refractivity contribution in [1.29, 1.82) is 0 Å². The van der Waals surface area contributed by atoms with Crippen LogP contribution < -0.4 is 18.9 Å². The van der Waals surface area contributed by atoms with E-state index >= 15 is 0 Å². The number of benzene rings is 4. The highest BCUT2D eigenvalue weighted by molar-refractivity contribution is 5.79. The molecule has 230 valence electrons. The molecule has 44 heavy (non-hydrogen) atoms. The van der Waals surface area contributed by atoms with Crippen LogP contribution in [0.3, 0.4) is 0 Å². The molecule has 0 unspecified atom stereocenters. The second kappa shape index (κ2) is 16.0. The van der Waals surface area contributed by atoms with Crippen LogP contribution in [-0.2, 0) is 22.7 Å². The van der Waals surface area contributed by atoms with Crippen molar-refractivity contribution in [3.8, 4) is 23.0 Å². The molecule has 2 amide bonds. The van der Waals surface area contributed by atoms with Gasteiger partial charge in [0.05, 0.1) is 14.2 Å². The van der Waals surface area contributed by atoms with Crippen LogP contribution in [0.4, 0.5) is 0 Å². The topological polar surface area (TPSA) is 77.5 Å². The molecule has 4 rings (SSSR count). The molecule has 8 nitrogen and oxygen atoms in total. The van der Waals surface area contributed by atoms with Gasteiger partial charge in [-0.3, -0.25) is 9.59 Å². The standard InChI is InChI=1S/C36H40N2O6/c1-27-15-17-31(33(21-27)41-3)43-25-35(39)37(23-29-11-7-5-8-12-29)19-20-38(24-30-13-9-6-10-14-30)36(40)26-44-32-18-16-28(2)22-34(32)42-4/h5-18,21-22H,19-20,23-26H2,1-4H3. The van der Waals surface area contributed by atoms with Crippen LogP contribution in [0.5, 0.6) is 23.0 Å². The molecule has 0 atom stereocenters. The van der Waals surface area contributed by atoms with Crippen molar-refractivity contribution in [2.75, 3.05) is 40.5 Å². The van der Waals surface area contributed by atoms with Gasteiger partial charge in [-0.1, -0.05) is 72.8 Å². The molecular formula is C36H40N2O6. The average molecular weight is 597 g/mol. The first-order chi connectivity index (χ1) is 21.4. The average Bonchev–Trinajstić information content (AvgIpc) is 3.05. The maximum absolute atomic E-state index is 13.6. The van der Waals surface area contributed by atoms with Gasteiger partial charge in [0.1, 0.15) is 0 Å².